The van der Waals surface area contributed by atoms with E-state index in [1.807, 2.05) is 0 Å². The summed E-state index contributed by atoms with van der Waals surface area (Å²) in [7, 11) is 0. The smallest absolute Gasteiger partial charge is 0.289 e. The molecular weight excluding hydrogens is 372 g/mol. The molecule has 1 aromatic heterocycles. The van der Waals surface area contributed by atoms with E-state index >= 15 is 0 Å². The summed E-state index contributed by atoms with van der Waals surface area (Å²) in [5.74, 6) is -0.0814. The van der Waals surface area contributed by atoms with Crippen LogP contribution in [0.2, 0.25) is 0 Å². The zero-order valence-corrected chi connectivity index (χ0v) is 14.1. The van der Waals surface area contributed by atoms with Gasteiger partial charge in [-0.25, -0.2) is 0 Å². The van der Waals surface area contributed by atoms with E-state index in [-0.39, 0.29) is 40.7 Å². The fourth-order valence-electron chi connectivity index (χ4n) is 2.95. The van der Waals surface area contributed by atoms with E-state index in [0.717, 1.165) is 37.4 Å². The highest BCUT2D eigenvalue weighted by Crippen LogP contribution is 2.30. The first-order valence-corrected chi connectivity index (χ1v) is 8.89. The van der Waals surface area contributed by atoms with Crippen molar-refractivity contribution in [3.05, 3.63) is 22.6 Å². The number of hydrogen-bond donors (Lipinski definition) is 1. The fraction of sp³-hybridized carbons (Fsp3) is 0.500. The van der Waals surface area contributed by atoms with Crippen LogP contribution in [0.4, 0.5) is 4.79 Å². The lowest BCUT2D eigenvalue weighted by Gasteiger charge is -2.36. The number of nitrogens with zero attached hydrogens (tertiary/aromatic N) is 1. The first kappa shape index (κ1) is 15.6. The molecule has 0 radical (unpaired) electrons. The molecule has 3 rings (SSSR count). The third-order valence-corrected chi connectivity index (χ3v) is 5.22. The van der Waals surface area contributed by atoms with Crippen molar-refractivity contribution in [1.82, 2.24) is 10.2 Å². The number of furan rings is 1. The first-order chi connectivity index (χ1) is 10.6. The van der Waals surface area contributed by atoms with Crippen LogP contribution in [0, 0.1) is 0 Å². The number of imide groups is 1. The van der Waals surface area contributed by atoms with Gasteiger partial charge >= 0.3 is 0 Å². The zero-order valence-electron chi connectivity index (χ0n) is 11.7. The fourth-order valence-corrected chi connectivity index (χ4v) is 4.02. The second-order valence-corrected chi connectivity index (χ2v) is 7.06. The Morgan fingerprint density at radius 3 is 2.73 bits per heavy atom. The standard InChI is InChI=1S/C14H15BrN2O4S/c15-11-6-5-10(21-11)13(19)16-8-3-1-2-4-9(8)17-12(18)7-22-14(17)20/h5-6,8-9H,1-4,7H2,(H,16,19). The average molecular weight is 387 g/mol. The van der Waals surface area contributed by atoms with Crippen molar-refractivity contribution >= 4 is 44.7 Å². The predicted octanol–water partition coefficient (Wildman–Crippen LogP) is 2.78. The van der Waals surface area contributed by atoms with Crippen LogP contribution in [-0.4, -0.2) is 39.8 Å². The van der Waals surface area contributed by atoms with Gasteiger partial charge in [0.15, 0.2) is 10.4 Å². The van der Waals surface area contributed by atoms with Crippen LogP contribution in [0.25, 0.3) is 0 Å². The number of carbonyl (C=O) groups excluding carboxylic acids is 3. The Bertz CT molecular complexity index is 602. The van der Waals surface area contributed by atoms with Crippen LogP contribution in [0.5, 0.6) is 0 Å². The minimum absolute atomic E-state index is 0.165. The monoisotopic (exact) mass is 386 g/mol. The number of amides is 3. The van der Waals surface area contributed by atoms with Gasteiger partial charge in [-0.15, -0.1) is 0 Å². The maximum absolute atomic E-state index is 12.2. The van der Waals surface area contributed by atoms with Crippen molar-refractivity contribution in [2.24, 2.45) is 0 Å². The number of nitrogens with one attached hydrogen (secondary N) is 1. The van der Waals surface area contributed by atoms with E-state index in [9.17, 15) is 14.4 Å². The molecule has 1 saturated carbocycles. The summed E-state index contributed by atoms with van der Waals surface area (Å²) in [6.45, 7) is 0. The van der Waals surface area contributed by atoms with Gasteiger partial charge in [-0.05, 0) is 40.9 Å². The molecule has 2 heterocycles. The lowest BCUT2D eigenvalue weighted by Crippen LogP contribution is -2.54. The number of carbonyl (C=O) groups is 3. The Kier molecular flexibility index (Phi) is 4.58. The summed E-state index contributed by atoms with van der Waals surface area (Å²) in [6, 6.07) is 2.75. The van der Waals surface area contributed by atoms with E-state index in [0.29, 0.717) is 4.67 Å². The van der Waals surface area contributed by atoms with Gasteiger partial charge in [-0.2, -0.15) is 0 Å². The van der Waals surface area contributed by atoms with Crippen LogP contribution in [0.1, 0.15) is 36.2 Å². The Balaban J connectivity index is 1.74. The number of hydrogen-bond acceptors (Lipinski definition) is 5. The Hall–Kier alpha value is -1.28. The highest BCUT2D eigenvalue weighted by Gasteiger charge is 2.41. The van der Waals surface area contributed by atoms with E-state index in [1.54, 1.807) is 12.1 Å². The minimum Gasteiger partial charge on any atom is -0.444 e. The third kappa shape index (κ3) is 3.08. The normalized spacial score (nSPS) is 25.6. The topological polar surface area (TPSA) is 79.6 Å². The molecular formula is C14H15BrN2O4S. The third-order valence-electron chi connectivity index (χ3n) is 3.96. The lowest BCUT2D eigenvalue weighted by molar-refractivity contribution is -0.127. The van der Waals surface area contributed by atoms with Gasteiger partial charge in [0, 0.05) is 0 Å². The van der Waals surface area contributed by atoms with Crippen LogP contribution in [0.3, 0.4) is 0 Å². The lowest BCUT2D eigenvalue weighted by atomic mass is 9.89. The van der Waals surface area contributed by atoms with E-state index < -0.39 is 0 Å². The molecule has 1 aliphatic carbocycles. The predicted molar refractivity (Wildman–Crippen MR) is 84.6 cm³/mol. The molecule has 1 aliphatic heterocycles. The maximum Gasteiger partial charge on any atom is 0.289 e. The molecule has 2 aliphatic rings. The highest BCUT2D eigenvalue weighted by atomic mass is 79.9. The summed E-state index contributed by atoms with van der Waals surface area (Å²) in [5.41, 5.74) is 0. The summed E-state index contributed by atoms with van der Waals surface area (Å²) in [4.78, 5) is 37.4. The van der Waals surface area contributed by atoms with Gasteiger partial charge in [0.05, 0.1) is 17.8 Å². The highest BCUT2D eigenvalue weighted by molar-refractivity contribution is 9.10. The molecule has 6 nitrogen and oxygen atoms in total. The molecule has 1 aromatic rings. The van der Waals surface area contributed by atoms with Gasteiger partial charge in [0.25, 0.3) is 11.1 Å². The SMILES string of the molecule is O=C(NC1CCCCC1N1C(=O)CSC1=O)c1ccc(Br)o1. The molecule has 0 bridgehead atoms. The molecule has 2 fully saturated rings. The summed E-state index contributed by atoms with van der Waals surface area (Å²) in [6.07, 6.45) is 3.39. The summed E-state index contributed by atoms with van der Waals surface area (Å²) < 4.78 is 5.73. The summed E-state index contributed by atoms with van der Waals surface area (Å²) in [5, 5.41) is 2.70. The molecule has 22 heavy (non-hydrogen) atoms. The van der Waals surface area contributed by atoms with Gasteiger partial charge in [0.2, 0.25) is 5.91 Å². The Morgan fingerprint density at radius 2 is 2.09 bits per heavy atom. The van der Waals surface area contributed by atoms with Crippen molar-refractivity contribution in [3.63, 3.8) is 0 Å². The molecule has 2 atom stereocenters. The maximum atomic E-state index is 12.2. The van der Waals surface area contributed by atoms with Crippen molar-refractivity contribution in [1.29, 1.82) is 0 Å². The first-order valence-electron chi connectivity index (χ1n) is 7.11. The Labute approximate surface area is 140 Å². The minimum atomic E-state index is -0.325. The average Bonchev–Trinajstić information content (AvgIpc) is 3.06. The molecule has 0 spiro atoms. The molecule has 118 valence electrons. The van der Waals surface area contributed by atoms with Crippen molar-refractivity contribution < 1.29 is 18.8 Å². The second-order valence-electron chi connectivity index (χ2n) is 5.35. The quantitative estimate of drug-likeness (QED) is 0.863. The van der Waals surface area contributed by atoms with Gasteiger partial charge in [-0.1, -0.05) is 24.6 Å². The van der Waals surface area contributed by atoms with Crippen molar-refractivity contribution in [3.8, 4) is 0 Å². The van der Waals surface area contributed by atoms with Crippen molar-refractivity contribution in [2.75, 3.05) is 5.75 Å². The zero-order chi connectivity index (χ0) is 15.7. The van der Waals surface area contributed by atoms with E-state index in [4.69, 9.17) is 4.42 Å². The van der Waals surface area contributed by atoms with Crippen LogP contribution in [0.15, 0.2) is 21.2 Å². The molecule has 0 aromatic carbocycles. The molecule has 2 unspecified atom stereocenters. The largest absolute Gasteiger partial charge is 0.444 e. The summed E-state index contributed by atoms with van der Waals surface area (Å²) >= 11 is 4.19. The molecule has 1 N–H and O–H groups in total. The van der Waals surface area contributed by atoms with E-state index in [2.05, 4.69) is 21.2 Å². The number of rotatable bonds is 3. The van der Waals surface area contributed by atoms with Crippen LogP contribution in [-0.2, 0) is 4.79 Å². The number of thioether (sulfide) groups is 1. The molecule has 1 saturated heterocycles. The van der Waals surface area contributed by atoms with E-state index in [1.165, 1.54) is 4.90 Å². The van der Waals surface area contributed by atoms with Gasteiger partial charge in [0.1, 0.15) is 0 Å². The molecule has 3 amide bonds. The van der Waals surface area contributed by atoms with Gasteiger partial charge < -0.3 is 9.73 Å². The number of halogens is 1. The van der Waals surface area contributed by atoms with Crippen LogP contribution < -0.4 is 5.32 Å². The van der Waals surface area contributed by atoms with Crippen LogP contribution >= 0.6 is 27.7 Å². The Morgan fingerprint density at radius 1 is 1.32 bits per heavy atom. The molecule has 8 heteroatoms. The second kappa shape index (κ2) is 6.45. The van der Waals surface area contributed by atoms with Crippen molar-refractivity contribution in [2.45, 2.75) is 37.8 Å². The van der Waals surface area contributed by atoms with Gasteiger partial charge in [-0.3, -0.25) is 19.3 Å².